The average molecular weight is 429 g/mol. The molecule has 0 unspecified atom stereocenters. The van der Waals surface area contributed by atoms with E-state index in [0.29, 0.717) is 27.0 Å². The molecule has 2 amide bonds. The van der Waals surface area contributed by atoms with Gasteiger partial charge < -0.3 is 15.2 Å². The van der Waals surface area contributed by atoms with Gasteiger partial charge in [-0.1, -0.05) is 23.7 Å². The number of anilines is 1. The standard InChI is InChI=1S/C21H21ClN4O2S/c1-13-10-18(25-20(27)15-6-2-3-7-16(15)22)29-19(13)21(28)23-11-14-12-26-9-5-4-8-17(26)24-14/h2-3,6-7,10,12H,4-5,8-9,11H2,1H3,(H,23,28)(H,25,27). The first kappa shape index (κ1) is 19.7. The molecule has 1 aliphatic heterocycles. The number of carbonyl (C=O) groups excluding carboxylic acids is 2. The largest absolute Gasteiger partial charge is 0.346 e. The van der Waals surface area contributed by atoms with E-state index in [1.807, 2.05) is 13.1 Å². The lowest BCUT2D eigenvalue weighted by Gasteiger charge is -2.11. The number of hydrogen-bond donors (Lipinski definition) is 2. The lowest BCUT2D eigenvalue weighted by molar-refractivity contribution is 0.0953. The van der Waals surface area contributed by atoms with Crippen LogP contribution in [0.15, 0.2) is 36.5 Å². The molecule has 1 aliphatic rings. The van der Waals surface area contributed by atoms with Gasteiger partial charge in [-0.15, -0.1) is 11.3 Å². The summed E-state index contributed by atoms with van der Waals surface area (Å²) in [4.78, 5) is 30.2. The van der Waals surface area contributed by atoms with Crippen LogP contribution in [0.4, 0.5) is 5.00 Å². The maximum Gasteiger partial charge on any atom is 0.262 e. The van der Waals surface area contributed by atoms with Crippen molar-refractivity contribution in [1.82, 2.24) is 14.9 Å². The molecule has 0 atom stereocenters. The molecule has 4 rings (SSSR count). The summed E-state index contributed by atoms with van der Waals surface area (Å²) in [5.74, 6) is 0.626. The van der Waals surface area contributed by atoms with Crippen LogP contribution in [0.2, 0.25) is 5.02 Å². The van der Waals surface area contributed by atoms with Gasteiger partial charge in [0.2, 0.25) is 0 Å². The molecule has 29 heavy (non-hydrogen) atoms. The van der Waals surface area contributed by atoms with Gasteiger partial charge in [0.05, 0.1) is 32.7 Å². The van der Waals surface area contributed by atoms with E-state index in [1.165, 1.54) is 24.2 Å². The van der Waals surface area contributed by atoms with Crippen molar-refractivity contribution in [2.75, 3.05) is 5.32 Å². The van der Waals surface area contributed by atoms with Gasteiger partial charge in [-0.05, 0) is 43.5 Å². The molecule has 0 spiro atoms. The van der Waals surface area contributed by atoms with Crippen molar-refractivity contribution in [3.05, 3.63) is 69.1 Å². The second-order valence-electron chi connectivity index (χ2n) is 7.04. The number of amides is 2. The molecule has 0 saturated heterocycles. The summed E-state index contributed by atoms with van der Waals surface area (Å²) in [6, 6.07) is 8.66. The number of benzene rings is 1. The van der Waals surface area contributed by atoms with E-state index in [4.69, 9.17) is 11.6 Å². The molecule has 6 nitrogen and oxygen atoms in total. The maximum atomic E-state index is 12.6. The Morgan fingerprint density at radius 1 is 1.24 bits per heavy atom. The van der Waals surface area contributed by atoms with Crippen molar-refractivity contribution < 1.29 is 9.59 Å². The zero-order chi connectivity index (χ0) is 20.4. The molecule has 0 radical (unpaired) electrons. The summed E-state index contributed by atoms with van der Waals surface area (Å²) in [6.07, 6.45) is 5.35. The predicted octanol–water partition coefficient (Wildman–Crippen LogP) is 4.43. The van der Waals surface area contributed by atoms with Crippen LogP contribution in [-0.4, -0.2) is 21.4 Å². The first-order valence-corrected chi connectivity index (χ1v) is 10.7. The normalized spacial score (nSPS) is 13.0. The number of halogens is 1. The Hall–Kier alpha value is -2.64. The topological polar surface area (TPSA) is 76.0 Å². The van der Waals surface area contributed by atoms with Crippen LogP contribution in [0.5, 0.6) is 0 Å². The maximum absolute atomic E-state index is 12.6. The van der Waals surface area contributed by atoms with Crippen molar-refractivity contribution in [2.24, 2.45) is 0 Å². The molecular weight excluding hydrogens is 408 g/mol. The lowest BCUT2D eigenvalue weighted by atomic mass is 10.2. The summed E-state index contributed by atoms with van der Waals surface area (Å²) >= 11 is 7.33. The Labute approximate surface area is 177 Å². The fourth-order valence-corrected chi connectivity index (χ4v) is 4.61. The van der Waals surface area contributed by atoms with Crippen molar-refractivity contribution in [3.63, 3.8) is 0 Å². The van der Waals surface area contributed by atoms with Gasteiger partial charge in [-0.3, -0.25) is 9.59 Å². The Kier molecular flexibility index (Phi) is 5.69. The molecule has 2 aromatic heterocycles. The zero-order valence-electron chi connectivity index (χ0n) is 16.0. The number of fused-ring (bicyclic) bond motifs is 1. The van der Waals surface area contributed by atoms with Gasteiger partial charge in [-0.25, -0.2) is 4.98 Å². The molecular formula is C21H21ClN4O2S. The summed E-state index contributed by atoms with van der Waals surface area (Å²) in [5, 5.41) is 6.75. The van der Waals surface area contributed by atoms with Crippen LogP contribution >= 0.6 is 22.9 Å². The third-order valence-corrected chi connectivity index (χ3v) is 6.35. The summed E-state index contributed by atoms with van der Waals surface area (Å²) < 4.78 is 2.17. The van der Waals surface area contributed by atoms with Crippen LogP contribution < -0.4 is 10.6 Å². The van der Waals surface area contributed by atoms with Crippen molar-refractivity contribution >= 4 is 39.8 Å². The van der Waals surface area contributed by atoms with E-state index in [2.05, 4.69) is 20.2 Å². The van der Waals surface area contributed by atoms with Crippen LogP contribution in [0.25, 0.3) is 0 Å². The van der Waals surface area contributed by atoms with Crippen molar-refractivity contribution in [1.29, 1.82) is 0 Å². The molecule has 0 bridgehead atoms. The number of thiophene rings is 1. The highest BCUT2D eigenvalue weighted by molar-refractivity contribution is 7.18. The number of hydrogen-bond acceptors (Lipinski definition) is 4. The third-order valence-electron chi connectivity index (χ3n) is 4.87. The zero-order valence-corrected chi connectivity index (χ0v) is 17.6. The van der Waals surface area contributed by atoms with E-state index in [-0.39, 0.29) is 11.8 Å². The van der Waals surface area contributed by atoms with E-state index in [0.717, 1.165) is 30.0 Å². The van der Waals surface area contributed by atoms with Crippen LogP contribution in [0.1, 0.15) is 50.0 Å². The fraction of sp³-hybridized carbons (Fsp3) is 0.286. The first-order valence-electron chi connectivity index (χ1n) is 9.50. The number of aryl methyl sites for hydroxylation is 3. The third kappa shape index (κ3) is 4.36. The molecule has 3 aromatic rings. The highest BCUT2D eigenvalue weighted by Crippen LogP contribution is 2.28. The van der Waals surface area contributed by atoms with Crippen LogP contribution in [0, 0.1) is 6.92 Å². The van der Waals surface area contributed by atoms with Crippen molar-refractivity contribution in [3.8, 4) is 0 Å². The Morgan fingerprint density at radius 2 is 2.07 bits per heavy atom. The summed E-state index contributed by atoms with van der Waals surface area (Å²) in [5.41, 5.74) is 2.08. The lowest BCUT2D eigenvalue weighted by Crippen LogP contribution is -2.22. The summed E-state index contributed by atoms with van der Waals surface area (Å²) in [6.45, 7) is 3.23. The van der Waals surface area contributed by atoms with E-state index >= 15 is 0 Å². The molecule has 8 heteroatoms. The molecule has 0 saturated carbocycles. The second kappa shape index (κ2) is 8.39. The Balaban J connectivity index is 1.40. The minimum Gasteiger partial charge on any atom is -0.346 e. The van der Waals surface area contributed by atoms with Crippen LogP contribution in [-0.2, 0) is 19.5 Å². The molecule has 0 fully saturated rings. The minimum absolute atomic E-state index is 0.170. The molecule has 0 aliphatic carbocycles. The van der Waals surface area contributed by atoms with Gasteiger partial charge in [0.1, 0.15) is 5.82 Å². The second-order valence-corrected chi connectivity index (χ2v) is 8.50. The smallest absolute Gasteiger partial charge is 0.262 e. The predicted molar refractivity (Wildman–Crippen MR) is 115 cm³/mol. The van der Waals surface area contributed by atoms with Gasteiger partial charge in [0, 0.05) is 19.2 Å². The van der Waals surface area contributed by atoms with E-state index < -0.39 is 0 Å². The average Bonchev–Trinajstić information content (AvgIpc) is 3.29. The monoisotopic (exact) mass is 428 g/mol. The van der Waals surface area contributed by atoms with Gasteiger partial charge in [0.25, 0.3) is 11.8 Å². The van der Waals surface area contributed by atoms with E-state index in [1.54, 1.807) is 30.3 Å². The van der Waals surface area contributed by atoms with E-state index in [9.17, 15) is 9.59 Å². The molecule has 2 N–H and O–H groups in total. The highest BCUT2D eigenvalue weighted by Gasteiger charge is 2.18. The first-order chi connectivity index (χ1) is 14.0. The number of aromatic nitrogens is 2. The Bertz CT molecular complexity index is 1050. The number of imidazole rings is 1. The summed E-state index contributed by atoms with van der Waals surface area (Å²) in [7, 11) is 0. The van der Waals surface area contributed by atoms with Gasteiger partial charge in [-0.2, -0.15) is 0 Å². The molecule has 1 aromatic carbocycles. The SMILES string of the molecule is Cc1cc(NC(=O)c2ccccc2Cl)sc1C(=O)NCc1cn2c(n1)CCCC2. The van der Waals surface area contributed by atoms with Crippen LogP contribution in [0.3, 0.4) is 0 Å². The fourth-order valence-electron chi connectivity index (χ4n) is 3.40. The quantitative estimate of drug-likeness (QED) is 0.631. The molecule has 3 heterocycles. The van der Waals surface area contributed by atoms with Crippen molar-refractivity contribution in [2.45, 2.75) is 39.3 Å². The highest BCUT2D eigenvalue weighted by atomic mass is 35.5. The van der Waals surface area contributed by atoms with Gasteiger partial charge >= 0.3 is 0 Å². The number of carbonyl (C=O) groups is 2. The molecule has 150 valence electrons. The number of nitrogens with one attached hydrogen (secondary N) is 2. The number of nitrogens with zero attached hydrogens (tertiary/aromatic N) is 2. The Morgan fingerprint density at radius 3 is 2.86 bits per heavy atom. The van der Waals surface area contributed by atoms with Gasteiger partial charge in [0.15, 0.2) is 0 Å². The minimum atomic E-state index is -0.299. The number of rotatable bonds is 5.